The molecular formula is C26H34O6. The third-order valence-corrected chi connectivity index (χ3v) is 9.28. The molecule has 6 nitrogen and oxygen atoms in total. The lowest BCUT2D eigenvalue weighted by Gasteiger charge is -2.87. The van der Waals surface area contributed by atoms with E-state index < -0.39 is 46.4 Å². The van der Waals surface area contributed by atoms with Crippen LogP contribution in [-0.4, -0.2) is 66.3 Å². The highest BCUT2D eigenvalue weighted by Crippen LogP contribution is 2.80. The molecule has 0 amide bonds. The van der Waals surface area contributed by atoms with E-state index in [1.807, 2.05) is 39.8 Å². The maximum absolute atomic E-state index is 12.1. The molecule has 0 radical (unpaired) electrons. The highest BCUT2D eigenvalue weighted by Gasteiger charge is 3.01. The molecule has 0 bridgehead atoms. The zero-order valence-corrected chi connectivity index (χ0v) is 19.5. The minimum atomic E-state index is -2.35. The van der Waals surface area contributed by atoms with Crippen LogP contribution in [0.2, 0.25) is 0 Å². The fourth-order valence-corrected chi connectivity index (χ4v) is 7.11. The summed E-state index contributed by atoms with van der Waals surface area (Å²) in [4.78, 5) is 0. The summed E-state index contributed by atoms with van der Waals surface area (Å²) in [6.45, 7) is 9.77. The topological polar surface area (TPSA) is 121 Å². The molecule has 2 saturated carbocycles. The average Bonchev–Trinajstić information content (AvgIpc) is 2.78. The van der Waals surface area contributed by atoms with Crippen molar-refractivity contribution in [1.82, 2.24) is 0 Å². The lowest BCUT2D eigenvalue weighted by Crippen LogP contribution is -3.10. The van der Waals surface area contributed by atoms with Gasteiger partial charge >= 0.3 is 0 Å². The lowest BCUT2D eigenvalue weighted by atomic mass is 9.20. The van der Waals surface area contributed by atoms with Gasteiger partial charge in [0, 0.05) is 0 Å². The van der Waals surface area contributed by atoms with Crippen LogP contribution in [0.5, 0.6) is 0 Å². The van der Waals surface area contributed by atoms with Crippen molar-refractivity contribution in [3.8, 4) is 0 Å². The Hall–Kier alpha value is -1.80. The van der Waals surface area contributed by atoms with Crippen LogP contribution in [0.1, 0.15) is 47.2 Å². The van der Waals surface area contributed by atoms with E-state index in [1.165, 1.54) is 6.92 Å². The lowest BCUT2D eigenvalue weighted by molar-refractivity contribution is -0.507. The summed E-state index contributed by atoms with van der Waals surface area (Å²) in [7, 11) is 0. The highest BCUT2D eigenvalue weighted by molar-refractivity contribution is 5.65. The van der Waals surface area contributed by atoms with Crippen molar-refractivity contribution in [2.45, 2.75) is 81.4 Å². The predicted molar refractivity (Wildman–Crippen MR) is 120 cm³/mol. The monoisotopic (exact) mass is 442 g/mol. The first-order valence-electron chi connectivity index (χ1n) is 11.0. The zero-order chi connectivity index (χ0) is 24.1. The number of rotatable bonds is 4. The summed E-state index contributed by atoms with van der Waals surface area (Å²) in [6, 6.07) is 10.8. The molecule has 2 aliphatic rings. The first kappa shape index (κ1) is 23.4. The summed E-state index contributed by atoms with van der Waals surface area (Å²) in [6.07, 6.45) is -3.22. The third-order valence-electron chi connectivity index (χ3n) is 9.28. The molecule has 2 aromatic carbocycles. The number of aryl methyl sites for hydroxylation is 2. The van der Waals surface area contributed by atoms with Crippen molar-refractivity contribution in [2.75, 3.05) is 6.61 Å². The van der Waals surface area contributed by atoms with Crippen molar-refractivity contribution in [3.63, 3.8) is 0 Å². The highest BCUT2D eigenvalue weighted by atomic mass is 16.5. The minimum Gasteiger partial charge on any atom is -0.394 e. The van der Waals surface area contributed by atoms with Gasteiger partial charge in [-0.3, -0.25) is 0 Å². The SMILES string of the molecule is Cc1cccc(C2(C)C(O)[C@@]3(O)C(C)(c4cccc(C)c4C)[C@@](O)([C@H](O)CO)[C@@]23O)c1C. The van der Waals surface area contributed by atoms with Gasteiger partial charge in [-0.05, 0) is 74.9 Å². The van der Waals surface area contributed by atoms with Gasteiger partial charge in [0.2, 0.25) is 0 Å². The van der Waals surface area contributed by atoms with Crippen LogP contribution in [0.15, 0.2) is 36.4 Å². The largest absolute Gasteiger partial charge is 0.394 e. The van der Waals surface area contributed by atoms with E-state index in [-0.39, 0.29) is 0 Å². The maximum atomic E-state index is 12.1. The van der Waals surface area contributed by atoms with Gasteiger partial charge in [0.1, 0.15) is 22.9 Å². The molecule has 0 aromatic heterocycles. The normalized spacial score (nSPS) is 41.4. The van der Waals surface area contributed by atoms with Crippen LogP contribution in [0.4, 0.5) is 0 Å². The quantitative estimate of drug-likeness (QED) is 0.421. The first-order chi connectivity index (χ1) is 14.7. The second kappa shape index (κ2) is 6.63. The van der Waals surface area contributed by atoms with Crippen molar-refractivity contribution >= 4 is 0 Å². The molecule has 2 aromatic rings. The first-order valence-corrected chi connectivity index (χ1v) is 11.0. The average molecular weight is 443 g/mol. The Balaban J connectivity index is 2.04. The van der Waals surface area contributed by atoms with E-state index in [4.69, 9.17) is 0 Å². The molecule has 4 rings (SSSR count). The Bertz CT molecular complexity index is 1100. The van der Waals surface area contributed by atoms with Gasteiger partial charge in [-0.15, -0.1) is 0 Å². The van der Waals surface area contributed by atoms with E-state index in [2.05, 4.69) is 0 Å². The number of hydrogen-bond donors (Lipinski definition) is 6. The van der Waals surface area contributed by atoms with Gasteiger partial charge in [0.05, 0.1) is 23.5 Å². The molecule has 7 atom stereocenters. The van der Waals surface area contributed by atoms with E-state index in [9.17, 15) is 30.6 Å². The van der Waals surface area contributed by atoms with E-state index in [0.717, 1.165) is 22.3 Å². The molecule has 6 N–H and O–H groups in total. The van der Waals surface area contributed by atoms with Gasteiger partial charge in [-0.25, -0.2) is 0 Å². The Morgan fingerprint density at radius 3 is 1.81 bits per heavy atom. The summed E-state index contributed by atoms with van der Waals surface area (Å²) in [5, 5.41) is 68.6. The van der Waals surface area contributed by atoms with Crippen LogP contribution < -0.4 is 0 Å². The van der Waals surface area contributed by atoms with Crippen molar-refractivity contribution in [3.05, 3.63) is 69.8 Å². The number of hydrogen-bond acceptors (Lipinski definition) is 6. The van der Waals surface area contributed by atoms with Crippen LogP contribution in [0.25, 0.3) is 0 Å². The Labute approximate surface area is 188 Å². The number of benzene rings is 2. The molecule has 2 aliphatic carbocycles. The summed E-state index contributed by atoms with van der Waals surface area (Å²) < 4.78 is 0. The number of aliphatic hydroxyl groups excluding tert-OH is 3. The molecular weight excluding hydrogens is 408 g/mol. The van der Waals surface area contributed by atoms with Crippen LogP contribution >= 0.6 is 0 Å². The van der Waals surface area contributed by atoms with E-state index >= 15 is 0 Å². The zero-order valence-electron chi connectivity index (χ0n) is 19.5. The molecule has 0 spiro atoms. The van der Waals surface area contributed by atoms with Crippen molar-refractivity contribution < 1.29 is 30.6 Å². The molecule has 3 unspecified atom stereocenters. The minimum absolute atomic E-state index is 0.502. The summed E-state index contributed by atoms with van der Waals surface area (Å²) >= 11 is 0. The molecule has 0 heterocycles. The van der Waals surface area contributed by atoms with Gasteiger partial charge in [-0.1, -0.05) is 36.4 Å². The van der Waals surface area contributed by atoms with Gasteiger partial charge < -0.3 is 30.6 Å². The fraction of sp³-hybridized carbons (Fsp3) is 0.538. The van der Waals surface area contributed by atoms with E-state index in [0.29, 0.717) is 11.1 Å². The van der Waals surface area contributed by atoms with Gasteiger partial charge in [0.15, 0.2) is 0 Å². The smallest absolute Gasteiger partial charge is 0.141 e. The molecule has 174 valence electrons. The molecule has 2 fully saturated rings. The number of fused-ring (bicyclic) bond motifs is 1. The van der Waals surface area contributed by atoms with Crippen LogP contribution in [0, 0.1) is 27.7 Å². The summed E-state index contributed by atoms with van der Waals surface area (Å²) in [5.41, 5.74) is -5.55. The molecule has 6 heteroatoms. The maximum Gasteiger partial charge on any atom is 0.141 e. The Morgan fingerprint density at radius 2 is 1.31 bits per heavy atom. The standard InChI is InChI=1S/C26H34O6/c1-14-9-7-11-18(16(14)3)22(5)21(29)25(31)23(6,19-12-8-10-15(2)17(19)4)24(30,20(28)13-27)26(22,25)32/h7-12,20-21,27-32H,13H2,1-6H3/t20-,21?,22?,23?,24+,25-,26+/m1/s1. The Kier molecular flexibility index (Phi) is 4.84. The summed E-state index contributed by atoms with van der Waals surface area (Å²) in [5.74, 6) is 0. The second-order valence-corrected chi connectivity index (χ2v) is 10.2. The molecule has 0 aliphatic heterocycles. The Morgan fingerprint density at radius 1 is 0.844 bits per heavy atom. The molecule has 0 saturated heterocycles. The molecule has 32 heavy (non-hydrogen) atoms. The van der Waals surface area contributed by atoms with Crippen LogP contribution in [-0.2, 0) is 10.8 Å². The van der Waals surface area contributed by atoms with Crippen LogP contribution in [0.3, 0.4) is 0 Å². The third kappa shape index (κ3) is 1.96. The van der Waals surface area contributed by atoms with Crippen molar-refractivity contribution in [2.24, 2.45) is 0 Å². The second-order valence-electron chi connectivity index (χ2n) is 10.2. The predicted octanol–water partition coefficient (Wildman–Crippen LogP) is 1.07. The van der Waals surface area contributed by atoms with Gasteiger partial charge in [-0.2, -0.15) is 0 Å². The number of aliphatic hydroxyl groups is 6. The fourth-order valence-electron chi connectivity index (χ4n) is 7.11. The van der Waals surface area contributed by atoms with E-state index in [1.54, 1.807) is 31.2 Å². The van der Waals surface area contributed by atoms with Crippen molar-refractivity contribution in [1.29, 1.82) is 0 Å². The van der Waals surface area contributed by atoms with Gasteiger partial charge in [0.25, 0.3) is 0 Å².